The molecular weight excluding hydrogens is 319 g/mol. The van der Waals surface area contributed by atoms with Crippen LogP contribution < -0.4 is 4.90 Å². The molecule has 0 atom stereocenters. The first-order valence-corrected chi connectivity index (χ1v) is 8.37. The summed E-state index contributed by atoms with van der Waals surface area (Å²) in [4.78, 5) is 28.0. The highest BCUT2D eigenvalue weighted by Gasteiger charge is 2.23. The summed E-state index contributed by atoms with van der Waals surface area (Å²) < 4.78 is 13.0. The van der Waals surface area contributed by atoms with E-state index in [-0.39, 0.29) is 17.5 Å². The van der Waals surface area contributed by atoms with Crippen LogP contribution in [0.3, 0.4) is 0 Å². The van der Waals surface area contributed by atoms with Crippen LogP contribution in [0.2, 0.25) is 0 Å². The Morgan fingerprint density at radius 2 is 1.52 bits per heavy atom. The molecule has 3 rings (SSSR count). The fourth-order valence-corrected chi connectivity index (χ4v) is 3.15. The van der Waals surface area contributed by atoms with Gasteiger partial charge in [-0.3, -0.25) is 9.59 Å². The van der Waals surface area contributed by atoms with E-state index in [2.05, 4.69) is 4.90 Å². The molecule has 1 amide bonds. The summed E-state index contributed by atoms with van der Waals surface area (Å²) in [6, 6.07) is 11.4. The molecule has 2 aromatic rings. The number of aryl methyl sites for hydroxylation is 1. The summed E-state index contributed by atoms with van der Waals surface area (Å²) in [6.07, 6.45) is 0. The van der Waals surface area contributed by atoms with Gasteiger partial charge in [0, 0.05) is 43.0 Å². The van der Waals surface area contributed by atoms with E-state index >= 15 is 0 Å². The van der Waals surface area contributed by atoms with Crippen molar-refractivity contribution < 1.29 is 14.0 Å². The van der Waals surface area contributed by atoms with Crippen molar-refractivity contribution in [2.45, 2.75) is 13.8 Å². The van der Waals surface area contributed by atoms with Crippen molar-refractivity contribution in [3.05, 3.63) is 65.0 Å². The van der Waals surface area contributed by atoms with E-state index < -0.39 is 0 Å². The Bertz CT molecular complexity index is 794. The second-order valence-electron chi connectivity index (χ2n) is 6.34. The Hall–Kier alpha value is -2.69. The zero-order valence-corrected chi connectivity index (χ0v) is 14.5. The number of hydrogen-bond acceptors (Lipinski definition) is 3. The minimum absolute atomic E-state index is 0.0596. The predicted octanol–water partition coefficient (Wildman–Crippen LogP) is 3.30. The van der Waals surface area contributed by atoms with Gasteiger partial charge >= 0.3 is 0 Å². The van der Waals surface area contributed by atoms with Crippen LogP contribution in [0.1, 0.15) is 33.2 Å². The third-order valence-corrected chi connectivity index (χ3v) is 4.60. The van der Waals surface area contributed by atoms with Crippen LogP contribution in [0.25, 0.3) is 0 Å². The number of rotatable bonds is 3. The lowest BCUT2D eigenvalue weighted by Crippen LogP contribution is -2.49. The number of carbonyl (C=O) groups is 2. The molecule has 0 bridgehead atoms. The van der Waals surface area contributed by atoms with E-state index in [4.69, 9.17) is 0 Å². The maximum atomic E-state index is 13.0. The molecule has 1 aliphatic heterocycles. The molecule has 1 aliphatic rings. The maximum absolute atomic E-state index is 13.0. The van der Waals surface area contributed by atoms with Crippen LogP contribution in [-0.2, 0) is 0 Å². The van der Waals surface area contributed by atoms with E-state index in [1.165, 1.54) is 24.3 Å². The standard InChI is InChI=1S/C20H21FN2O2/c1-14-13-17(15(2)24)5-8-19(14)22-9-11-23(12-10-22)20(25)16-3-6-18(21)7-4-16/h3-8,13H,9-12H2,1-2H3. The van der Waals surface area contributed by atoms with Crippen molar-refractivity contribution in [2.75, 3.05) is 31.1 Å². The molecule has 4 nitrogen and oxygen atoms in total. The van der Waals surface area contributed by atoms with Gasteiger partial charge < -0.3 is 9.80 Å². The quantitative estimate of drug-likeness (QED) is 0.805. The molecule has 0 radical (unpaired) electrons. The molecule has 5 heteroatoms. The average Bonchev–Trinajstić information content (AvgIpc) is 2.62. The smallest absolute Gasteiger partial charge is 0.253 e. The zero-order valence-electron chi connectivity index (χ0n) is 14.5. The number of anilines is 1. The van der Waals surface area contributed by atoms with Gasteiger partial charge in [0.05, 0.1) is 0 Å². The molecule has 1 fully saturated rings. The van der Waals surface area contributed by atoms with Crippen LogP contribution in [-0.4, -0.2) is 42.8 Å². The third-order valence-electron chi connectivity index (χ3n) is 4.60. The van der Waals surface area contributed by atoms with Crippen molar-refractivity contribution >= 4 is 17.4 Å². The Kier molecular flexibility index (Phi) is 4.83. The number of Topliss-reactive ketones (excluding diaryl/α,β-unsaturated/α-hetero) is 1. The van der Waals surface area contributed by atoms with Crippen LogP contribution in [0.5, 0.6) is 0 Å². The average molecular weight is 340 g/mol. The van der Waals surface area contributed by atoms with Crippen molar-refractivity contribution in [3.63, 3.8) is 0 Å². The van der Waals surface area contributed by atoms with Crippen molar-refractivity contribution in [1.29, 1.82) is 0 Å². The topological polar surface area (TPSA) is 40.6 Å². The number of hydrogen-bond donors (Lipinski definition) is 0. The molecule has 0 unspecified atom stereocenters. The first-order chi connectivity index (χ1) is 12.0. The largest absolute Gasteiger partial charge is 0.368 e. The number of ketones is 1. The normalized spacial score (nSPS) is 14.5. The molecule has 0 spiro atoms. The Balaban J connectivity index is 1.66. The summed E-state index contributed by atoms with van der Waals surface area (Å²) in [6.45, 7) is 6.25. The lowest BCUT2D eigenvalue weighted by molar-refractivity contribution is 0.0746. The molecule has 0 aromatic heterocycles. The lowest BCUT2D eigenvalue weighted by atomic mass is 10.1. The molecule has 0 aliphatic carbocycles. The van der Waals surface area contributed by atoms with E-state index in [9.17, 15) is 14.0 Å². The molecule has 25 heavy (non-hydrogen) atoms. The second-order valence-corrected chi connectivity index (χ2v) is 6.34. The Labute approximate surface area is 146 Å². The van der Waals surface area contributed by atoms with Gasteiger partial charge in [0.15, 0.2) is 5.78 Å². The van der Waals surface area contributed by atoms with E-state index in [1.807, 2.05) is 25.1 Å². The molecule has 0 N–H and O–H groups in total. The number of halogens is 1. The summed E-state index contributed by atoms with van der Waals surface area (Å²) in [5.74, 6) is -0.349. The fraction of sp³-hybridized carbons (Fsp3) is 0.300. The van der Waals surface area contributed by atoms with Crippen LogP contribution in [0.15, 0.2) is 42.5 Å². The summed E-state index contributed by atoms with van der Waals surface area (Å²) in [7, 11) is 0. The lowest BCUT2D eigenvalue weighted by Gasteiger charge is -2.37. The SMILES string of the molecule is CC(=O)c1ccc(N2CCN(C(=O)c3ccc(F)cc3)CC2)c(C)c1. The van der Waals surface area contributed by atoms with Crippen molar-refractivity contribution in [1.82, 2.24) is 4.90 Å². The van der Waals surface area contributed by atoms with Gasteiger partial charge in [-0.25, -0.2) is 4.39 Å². The summed E-state index contributed by atoms with van der Waals surface area (Å²) in [5, 5.41) is 0. The predicted molar refractivity (Wildman–Crippen MR) is 95.7 cm³/mol. The number of piperazine rings is 1. The fourth-order valence-electron chi connectivity index (χ4n) is 3.15. The van der Waals surface area contributed by atoms with Crippen LogP contribution >= 0.6 is 0 Å². The first kappa shape index (κ1) is 17.1. The molecule has 1 saturated heterocycles. The maximum Gasteiger partial charge on any atom is 0.253 e. The molecule has 130 valence electrons. The zero-order chi connectivity index (χ0) is 18.0. The molecule has 0 saturated carbocycles. The Morgan fingerprint density at radius 3 is 2.08 bits per heavy atom. The molecular formula is C20H21FN2O2. The summed E-state index contributed by atoms with van der Waals surface area (Å²) in [5.41, 5.74) is 3.38. The second kappa shape index (κ2) is 7.05. The van der Waals surface area contributed by atoms with Crippen molar-refractivity contribution in [2.24, 2.45) is 0 Å². The minimum Gasteiger partial charge on any atom is -0.368 e. The van der Waals surface area contributed by atoms with Gasteiger partial charge in [0.25, 0.3) is 5.91 Å². The monoisotopic (exact) mass is 340 g/mol. The van der Waals surface area contributed by atoms with Gasteiger partial charge in [0.2, 0.25) is 0 Å². The first-order valence-electron chi connectivity index (χ1n) is 8.37. The summed E-state index contributed by atoms with van der Waals surface area (Å²) >= 11 is 0. The van der Waals surface area contributed by atoms with Gasteiger partial charge in [0.1, 0.15) is 5.82 Å². The van der Waals surface area contributed by atoms with Gasteiger partial charge in [-0.2, -0.15) is 0 Å². The minimum atomic E-state index is -0.342. The van der Waals surface area contributed by atoms with Gasteiger partial charge in [-0.1, -0.05) is 0 Å². The highest BCUT2D eigenvalue weighted by Crippen LogP contribution is 2.23. The van der Waals surface area contributed by atoms with Crippen LogP contribution in [0, 0.1) is 12.7 Å². The van der Waals surface area contributed by atoms with E-state index in [0.29, 0.717) is 24.2 Å². The van der Waals surface area contributed by atoms with Gasteiger partial charge in [-0.05, 0) is 61.9 Å². The number of carbonyl (C=O) groups excluding carboxylic acids is 2. The third kappa shape index (κ3) is 3.71. The number of amides is 1. The van der Waals surface area contributed by atoms with E-state index in [1.54, 1.807) is 11.8 Å². The van der Waals surface area contributed by atoms with Gasteiger partial charge in [-0.15, -0.1) is 0 Å². The highest BCUT2D eigenvalue weighted by atomic mass is 19.1. The molecule has 2 aromatic carbocycles. The number of benzene rings is 2. The van der Waals surface area contributed by atoms with E-state index in [0.717, 1.165) is 24.3 Å². The highest BCUT2D eigenvalue weighted by molar-refractivity contribution is 5.95. The number of nitrogens with zero attached hydrogens (tertiary/aromatic N) is 2. The van der Waals surface area contributed by atoms with Crippen LogP contribution in [0.4, 0.5) is 10.1 Å². The Morgan fingerprint density at radius 1 is 0.920 bits per heavy atom. The molecule has 1 heterocycles. The van der Waals surface area contributed by atoms with Crippen molar-refractivity contribution in [3.8, 4) is 0 Å².